The van der Waals surface area contributed by atoms with Gasteiger partial charge in [-0.2, -0.15) is 0 Å². The highest BCUT2D eigenvalue weighted by molar-refractivity contribution is 6.17. The second-order valence-electron chi connectivity index (χ2n) is 6.05. The Bertz CT molecular complexity index is 1160. The van der Waals surface area contributed by atoms with Crippen LogP contribution in [0.15, 0.2) is 71.3 Å². The normalized spacial score (nSPS) is 11.7. The molecule has 2 heteroatoms. The van der Waals surface area contributed by atoms with E-state index in [4.69, 9.17) is 4.42 Å². The van der Waals surface area contributed by atoms with E-state index >= 15 is 0 Å². The van der Waals surface area contributed by atoms with Gasteiger partial charge in [-0.25, -0.2) is 0 Å². The summed E-state index contributed by atoms with van der Waals surface area (Å²) in [5, 5.41) is 3.61. The average molecular weight is 297 g/mol. The number of aryl methyl sites for hydroxylation is 1. The lowest BCUT2D eigenvalue weighted by Gasteiger charge is -1.98. The Morgan fingerprint density at radius 3 is 2.52 bits per heavy atom. The first-order chi connectivity index (χ1) is 11.3. The molecule has 0 saturated heterocycles. The lowest BCUT2D eigenvalue weighted by molar-refractivity contribution is 0.619. The first kappa shape index (κ1) is 12.5. The average Bonchev–Trinajstić information content (AvgIpc) is 3.16. The molecule has 2 aromatic heterocycles. The van der Waals surface area contributed by atoms with Crippen molar-refractivity contribution >= 4 is 32.8 Å². The van der Waals surface area contributed by atoms with Crippen LogP contribution in [-0.2, 0) is 0 Å². The molecular weight excluding hydrogens is 282 g/mol. The Hall–Kier alpha value is -3.00. The molecule has 5 aromatic rings. The van der Waals surface area contributed by atoms with Crippen molar-refractivity contribution in [3.8, 4) is 11.1 Å². The van der Waals surface area contributed by atoms with Gasteiger partial charge in [0.2, 0.25) is 0 Å². The summed E-state index contributed by atoms with van der Waals surface area (Å²) in [5.74, 6) is 0. The van der Waals surface area contributed by atoms with Crippen molar-refractivity contribution in [1.29, 1.82) is 0 Å². The molecule has 23 heavy (non-hydrogen) atoms. The van der Waals surface area contributed by atoms with E-state index in [2.05, 4.69) is 66.5 Å². The van der Waals surface area contributed by atoms with Crippen molar-refractivity contribution in [1.82, 2.24) is 4.98 Å². The molecule has 0 bridgehead atoms. The van der Waals surface area contributed by atoms with Crippen LogP contribution in [0.5, 0.6) is 0 Å². The summed E-state index contributed by atoms with van der Waals surface area (Å²) in [6.07, 6.45) is 1.86. The monoisotopic (exact) mass is 297 g/mol. The van der Waals surface area contributed by atoms with Gasteiger partial charge < -0.3 is 9.40 Å². The number of nitrogens with one attached hydrogen (secondary N) is 1. The summed E-state index contributed by atoms with van der Waals surface area (Å²) >= 11 is 0. The van der Waals surface area contributed by atoms with Crippen molar-refractivity contribution in [2.45, 2.75) is 6.92 Å². The van der Waals surface area contributed by atoms with Crippen LogP contribution in [0.4, 0.5) is 0 Å². The number of fused-ring (bicyclic) bond motifs is 5. The van der Waals surface area contributed by atoms with E-state index in [-0.39, 0.29) is 0 Å². The molecule has 0 atom stereocenters. The molecule has 2 nitrogen and oxygen atoms in total. The van der Waals surface area contributed by atoms with Gasteiger partial charge in [-0.3, -0.25) is 0 Å². The zero-order chi connectivity index (χ0) is 15.4. The molecule has 3 aromatic carbocycles. The van der Waals surface area contributed by atoms with Gasteiger partial charge in [-0.1, -0.05) is 48.0 Å². The van der Waals surface area contributed by atoms with Crippen LogP contribution in [0.2, 0.25) is 0 Å². The Kier molecular flexibility index (Phi) is 2.45. The van der Waals surface area contributed by atoms with Crippen LogP contribution in [0.25, 0.3) is 43.9 Å². The number of aromatic nitrogens is 1. The van der Waals surface area contributed by atoms with Gasteiger partial charge in [0.25, 0.3) is 0 Å². The topological polar surface area (TPSA) is 28.9 Å². The molecule has 0 aliphatic rings. The highest BCUT2D eigenvalue weighted by atomic mass is 16.3. The fourth-order valence-electron chi connectivity index (χ4n) is 3.41. The van der Waals surface area contributed by atoms with Crippen LogP contribution in [-0.4, -0.2) is 4.98 Å². The van der Waals surface area contributed by atoms with Crippen molar-refractivity contribution in [2.24, 2.45) is 0 Å². The minimum absolute atomic E-state index is 0.926. The smallest absolute Gasteiger partial charge is 0.158 e. The van der Waals surface area contributed by atoms with Crippen molar-refractivity contribution < 1.29 is 4.42 Å². The van der Waals surface area contributed by atoms with Gasteiger partial charge in [0, 0.05) is 27.2 Å². The molecule has 0 saturated carbocycles. The minimum atomic E-state index is 0.926. The van der Waals surface area contributed by atoms with E-state index < -0.39 is 0 Å². The third-order valence-electron chi connectivity index (χ3n) is 4.55. The SMILES string of the molecule is Cc1ccc2[nH]c3c(ccc4c(-c5ccccc5)coc43)c2c1. The number of hydrogen-bond donors (Lipinski definition) is 1. The van der Waals surface area contributed by atoms with Crippen LogP contribution in [0, 0.1) is 6.92 Å². The summed E-state index contributed by atoms with van der Waals surface area (Å²) in [5.41, 5.74) is 6.73. The number of aromatic amines is 1. The maximum absolute atomic E-state index is 5.95. The van der Waals surface area contributed by atoms with Gasteiger partial charge in [0.05, 0.1) is 11.8 Å². The van der Waals surface area contributed by atoms with Gasteiger partial charge >= 0.3 is 0 Å². The van der Waals surface area contributed by atoms with Crippen LogP contribution < -0.4 is 0 Å². The first-order valence-electron chi connectivity index (χ1n) is 7.79. The van der Waals surface area contributed by atoms with Gasteiger partial charge in [0.15, 0.2) is 5.58 Å². The molecule has 0 amide bonds. The minimum Gasteiger partial charge on any atom is -0.461 e. The lowest BCUT2D eigenvalue weighted by atomic mass is 10.0. The number of rotatable bonds is 1. The number of furan rings is 1. The second-order valence-corrected chi connectivity index (χ2v) is 6.05. The molecule has 0 aliphatic heterocycles. The molecule has 0 spiro atoms. The van der Waals surface area contributed by atoms with E-state index in [0.29, 0.717) is 0 Å². The van der Waals surface area contributed by atoms with Crippen LogP contribution >= 0.6 is 0 Å². The molecule has 0 aliphatic carbocycles. The molecule has 0 radical (unpaired) electrons. The molecule has 2 heterocycles. The number of hydrogen-bond acceptors (Lipinski definition) is 1. The third kappa shape index (κ3) is 1.75. The summed E-state index contributed by atoms with van der Waals surface area (Å²) in [6.45, 7) is 2.12. The van der Waals surface area contributed by atoms with Crippen LogP contribution in [0.3, 0.4) is 0 Å². The number of H-pyrrole nitrogens is 1. The highest BCUT2D eigenvalue weighted by Crippen LogP contribution is 2.37. The molecule has 1 N–H and O–H groups in total. The summed E-state index contributed by atoms with van der Waals surface area (Å²) in [7, 11) is 0. The zero-order valence-electron chi connectivity index (χ0n) is 12.8. The predicted molar refractivity (Wildman–Crippen MR) is 95.7 cm³/mol. The van der Waals surface area contributed by atoms with E-state index in [0.717, 1.165) is 27.6 Å². The first-order valence-corrected chi connectivity index (χ1v) is 7.79. The third-order valence-corrected chi connectivity index (χ3v) is 4.55. The zero-order valence-corrected chi connectivity index (χ0v) is 12.8. The Morgan fingerprint density at radius 2 is 1.65 bits per heavy atom. The van der Waals surface area contributed by atoms with Crippen molar-refractivity contribution in [3.05, 3.63) is 72.5 Å². The number of benzene rings is 3. The highest BCUT2D eigenvalue weighted by Gasteiger charge is 2.14. The Labute approximate surface area is 133 Å². The maximum atomic E-state index is 5.95. The van der Waals surface area contributed by atoms with E-state index in [1.807, 2.05) is 12.3 Å². The van der Waals surface area contributed by atoms with Crippen molar-refractivity contribution in [3.63, 3.8) is 0 Å². The van der Waals surface area contributed by atoms with E-state index in [1.165, 1.54) is 21.9 Å². The maximum Gasteiger partial charge on any atom is 0.158 e. The van der Waals surface area contributed by atoms with E-state index in [1.54, 1.807) is 0 Å². The quantitative estimate of drug-likeness (QED) is 0.401. The Balaban J connectivity index is 1.88. The van der Waals surface area contributed by atoms with Gasteiger partial charge in [0.1, 0.15) is 0 Å². The molecule has 5 rings (SSSR count). The van der Waals surface area contributed by atoms with Crippen LogP contribution in [0.1, 0.15) is 5.56 Å². The summed E-state index contributed by atoms with van der Waals surface area (Å²) in [4.78, 5) is 3.52. The summed E-state index contributed by atoms with van der Waals surface area (Å²) < 4.78 is 5.95. The lowest BCUT2D eigenvalue weighted by Crippen LogP contribution is -1.75. The fourth-order valence-corrected chi connectivity index (χ4v) is 3.41. The summed E-state index contributed by atoms with van der Waals surface area (Å²) in [6, 6.07) is 21.2. The predicted octanol–water partition coefficient (Wildman–Crippen LogP) is 6.04. The molecular formula is C21H15NO. The molecule has 110 valence electrons. The van der Waals surface area contributed by atoms with Gasteiger partial charge in [-0.05, 0) is 30.7 Å². The van der Waals surface area contributed by atoms with Crippen molar-refractivity contribution in [2.75, 3.05) is 0 Å². The largest absolute Gasteiger partial charge is 0.461 e. The Morgan fingerprint density at radius 1 is 0.826 bits per heavy atom. The molecule has 0 fully saturated rings. The van der Waals surface area contributed by atoms with E-state index in [9.17, 15) is 0 Å². The fraction of sp³-hybridized carbons (Fsp3) is 0.0476. The second kappa shape index (κ2) is 4.50. The molecule has 0 unspecified atom stereocenters. The van der Waals surface area contributed by atoms with Gasteiger partial charge in [-0.15, -0.1) is 0 Å². The standard InChI is InChI=1S/C21H15NO/c1-13-7-10-19-17(11-13)15-8-9-16-18(14-5-3-2-4-6-14)12-23-21(16)20(15)22-19/h2-12,22H,1H3.